The number of amides is 3. The van der Waals surface area contributed by atoms with Gasteiger partial charge in [-0.2, -0.15) is 0 Å². The van der Waals surface area contributed by atoms with Gasteiger partial charge in [0.25, 0.3) is 5.91 Å². The molecule has 2 aliphatic rings. The summed E-state index contributed by atoms with van der Waals surface area (Å²) in [4.78, 5) is 36.5. The number of hydrogen-bond donors (Lipinski definition) is 1. The first-order valence-electron chi connectivity index (χ1n) is 9.01. The minimum atomic E-state index is -0.228. The lowest BCUT2D eigenvalue weighted by Crippen LogP contribution is -2.33. The Hall–Kier alpha value is -2.67. The first kappa shape index (κ1) is 17.7. The average Bonchev–Trinajstić information content (AvgIpc) is 3.43. The van der Waals surface area contributed by atoms with E-state index in [9.17, 15) is 9.59 Å². The van der Waals surface area contributed by atoms with Gasteiger partial charge in [-0.25, -0.2) is 9.78 Å². The minimum absolute atomic E-state index is 0.0110. The molecule has 1 saturated heterocycles. The van der Waals surface area contributed by atoms with Crippen molar-refractivity contribution in [2.75, 3.05) is 24.5 Å². The molecule has 1 saturated carbocycles. The van der Waals surface area contributed by atoms with Gasteiger partial charge in [-0.05, 0) is 30.9 Å². The first-order chi connectivity index (χ1) is 13.1. The molecule has 7 nitrogen and oxygen atoms in total. The van der Waals surface area contributed by atoms with Crippen molar-refractivity contribution in [3.63, 3.8) is 0 Å². The van der Waals surface area contributed by atoms with Crippen LogP contribution >= 0.6 is 11.6 Å². The second kappa shape index (κ2) is 7.52. The van der Waals surface area contributed by atoms with Gasteiger partial charge in [-0.1, -0.05) is 11.6 Å². The van der Waals surface area contributed by atoms with E-state index in [1.807, 2.05) is 4.90 Å². The SMILES string of the molecule is O=C(NCc1cnc(N2CCN(CC3CC3)C2=O)cc1Cl)c1cccnc1. The van der Waals surface area contributed by atoms with Crippen molar-refractivity contribution in [3.05, 3.63) is 52.9 Å². The zero-order valence-electron chi connectivity index (χ0n) is 14.8. The van der Waals surface area contributed by atoms with Crippen LogP contribution in [0.5, 0.6) is 0 Å². The monoisotopic (exact) mass is 385 g/mol. The number of hydrogen-bond acceptors (Lipinski definition) is 4. The summed E-state index contributed by atoms with van der Waals surface area (Å²) in [5.74, 6) is 0.982. The van der Waals surface area contributed by atoms with E-state index in [1.54, 1.807) is 35.5 Å². The molecule has 0 unspecified atom stereocenters. The van der Waals surface area contributed by atoms with Crippen LogP contribution in [0.4, 0.5) is 10.6 Å². The number of halogens is 1. The number of nitrogens with one attached hydrogen (secondary N) is 1. The van der Waals surface area contributed by atoms with E-state index in [0.717, 1.165) is 13.1 Å². The molecule has 4 rings (SSSR count). The summed E-state index contributed by atoms with van der Waals surface area (Å²) in [6, 6.07) is 5.07. The van der Waals surface area contributed by atoms with Crippen LogP contribution in [0.15, 0.2) is 36.8 Å². The average molecular weight is 386 g/mol. The summed E-state index contributed by atoms with van der Waals surface area (Å²) in [5.41, 5.74) is 1.18. The molecule has 3 heterocycles. The predicted molar refractivity (Wildman–Crippen MR) is 102 cm³/mol. The second-order valence-corrected chi connectivity index (χ2v) is 7.29. The Balaban J connectivity index is 1.39. The van der Waals surface area contributed by atoms with Gasteiger partial charge in [-0.15, -0.1) is 0 Å². The van der Waals surface area contributed by atoms with Crippen molar-refractivity contribution in [3.8, 4) is 0 Å². The smallest absolute Gasteiger partial charge is 0.325 e. The van der Waals surface area contributed by atoms with E-state index < -0.39 is 0 Å². The Morgan fingerprint density at radius 2 is 2.15 bits per heavy atom. The normalized spacial score (nSPS) is 16.7. The highest BCUT2D eigenvalue weighted by Gasteiger charge is 2.34. The van der Waals surface area contributed by atoms with Crippen molar-refractivity contribution in [2.45, 2.75) is 19.4 Å². The molecular formula is C19H20ClN5O2. The number of pyridine rings is 2. The van der Waals surface area contributed by atoms with Crippen molar-refractivity contribution in [2.24, 2.45) is 5.92 Å². The fraction of sp³-hybridized carbons (Fsp3) is 0.368. The van der Waals surface area contributed by atoms with Crippen molar-refractivity contribution in [1.29, 1.82) is 0 Å². The Kier molecular flexibility index (Phi) is 4.94. The van der Waals surface area contributed by atoms with Gasteiger partial charge >= 0.3 is 6.03 Å². The zero-order valence-corrected chi connectivity index (χ0v) is 15.5. The van der Waals surface area contributed by atoms with E-state index in [4.69, 9.17) is 11.6 Å². The number of rotatable bonds is 6. The first-order valence-corrected chi connectivity index (χ1v) is 9.38. The molecule has 2 aromatic rings. The highest BCUT2D eigenvalue weighted by molar-refractivity contribution is 6.31. The minimum Gasteiger partial charge on any atom is -0.348 e. The van der Waals surface area contributed by atoms with Crippen LogP contribution in [0.3, 0.4) is 0 Å². The lowest BCUT2D eigenvalue weighted by atomic mass is 10.2. The Morgan fingerprint density at radius 1 is 1.30 bits per heavy atom. The summed E-state index contributed by atoms with van der Waals surface area (Å²) >= 11 is 6.36. The van der Waals surface area contributed by atoms with Crippen LogP contribution in [0.2, 0.25) is 5.02 Å². The predicted octanol–water partition coefficient (Wildman–Crippen LogP) is 2.71. The van der Waals surface area contributed by atoms with Crippen LogP contribution in [0, 0.1) is 5.92 Å². The fourth-order valence-electron chi connectivity index (χ4n) is 3.08. The van der Waals surface area contributed by atoms with Gasteiger partial charge < -0.3 is 10.2 Å². The van der Waals surface area contributed by atoms with Gasteiger partial charge in [0.15, 0.2) is 0 Å². The quantitative estimate of drug-likeness (QED) is 0.829. The summed E-state index contributed by atoms with van der Waals surface area (Å²) in [7, 11) is 0. The van der Waals surface area contributed by atoms with Gasteiger partial charge in [0.1, 0.15) is 5.82 Å². The van der Waals surface area contributed by atoms with Crippen molar-refractivity contribution >= 4 is 29.4 Å². The number of urea groups is 1. The third-order valence-electron chi connectivity index (χ3n) is 4.83. The maximum absolute atomic E-state index is 12.5. The molecule has 0 aromatic carbocycles. The number of carbonyl (C=O) groups excluding carboxylic acids is 2. The molecule has 1 aliphatic heterocycles. The van der Waals surface area contributed by atoms with Crippen LogP contribution in [-0.4, -0.2) is 46.4 Å². The second-order valence-electron chi connectivity index (χ2n) is 6.88. The molecular weight excluding hydrogens is 366 g/mol. The Labute approximate surface area is 162 Å². The molecule has 3 amide bonds. The number of carbonyl (C=O) groups is 2. The fourth-order valence-corrected chi connectivity index (χ4v) is 3.29. The molecule has 27 heavy (non-hydrogen) atoms. The van der Waals surface area contributed by atoms with Gasteiger partial charge in [-0.3, -0.25) is 14.7 Å². The van der Waals surface area contributed by atoms with Crippen LogP contribution in [0.1, 0.15) is 28.8 Å². The molecule has 1 N–H and O–H groups in total. The lowest BCUT2D eigenvalue weighted by molar-refractivity contribution is 0.0950. The Morgan fingerprint density at radius 3 is 2.85 bits per heavy atom. The van der Waals surface area contributed by atoms with Crippen LogP contribution in [-0.2, 0) is 6.54 Å². The molecule has 0 bridgehead atoms. The summed E-state index contributed by atoms with van der Waals surface area (Å²) < 4.78 is 0. The summed E-state index contributed by atoms with van der Waals surface area (Å²) in [6.07, 6.45) is 7.16. The van der Waals surface area contributed by atoms with Crippen molar-refractivity contribution in [1.82, 2.24) is 20.2 Å². The van der Waals surface area contributed by atoms with Gasteiger partial charge in [0.05, 0.1) is 10.6 Å². The van der Waals surface area contributed by atoms with Crippen LogP contribution in [0.25, 0.3) is 0 Å². The molecule has 140 valence electrons. The molecule has 0 atom stereocenters. The topological polar surface area (TPSA) is 78.4 Å². The summed E-state index contributed by atoms with van der Waals surface area (Å²) in [6.45, 7) is 2.42. The number of nitrogens with zero attached hydrogens (tertiary/aromatic N) is 4. The van der Waals surface area contributed by atoms with E-state index in [-0.39, 0.29) is 18.5 Å². The van der Waals surface area contributed by atoms with Gasteiger partial charge in [0.2, 0.25) is 0 Å². The van der Waals surface area contributed by atoms with Gasteiger partial charge in [0, 0.05) is 56.4 Å². The highest BCUT2D eigenvalue weighted by atomic mass is 35.5. The molecule has 0 spiro atoms. The third-order valence-corrected chi connectivity index (χ3v) is 5.18. The molecule has 1 aliphatic carbocycles. The van der Waals surface area contributed by atoms with Crippen LogP contribution < -0.4 is 10.2 Å². The Bertz CT molecular complexity index is 856. The highest BCUT2D eigenvalue weighted by Crippen LogP contribution is 2.31. The van der Waals surface area contributed by atoms with E-state index in [2.05, 4.69) is 15.3 Å². The summed E-state index contributed by atoms with van der Waals surface area (Å²) in [5, 5.41) is 3.27. The maximum Gasteiger partial charge on any atom is 0.325 e. The molecule has 0 radical (unpaired) electrons. The maximum atomic E-state index is 12.5. The van der Waals surface area contributed by atoms with E-state index >= 15 is 0 Å². The largest absolute Gasteiger partial charge is 0.348 e. The third kappa shape index (κ3) is 4.03. The molecule has 2 fully saturated rings. The molecule has 8 heteroatoms. The lowest BCUT2D eigenvalue weighted by Gasteiger charge is -2.18. The van der Waals surface area contributed by atoms with E-state index in [0.29, 0.717) is 34.4 Å². The number of anilines is 1. The molecule has 2 aromatic heterocycles. The number of aromatic nitrogens is 2. The zero-order chi connectivity index (χ0) is 18.8. The van der Waals surface area contributed by atoms with Crippen molar-refractivity contribution < 1.29 is 9.59 Å². The van der Waals surface area contributed by atoms with E-state index in [1.165, 1.54) is 19.0 Å². The standard InChI is InChI=1S/C19H20ClN5O2/c20-16-8-17(25-7-6-24(19(25)27)12-13-3-4-13)22-10-15(16)11-23-18(26)14-2-1-5-21-9-14/h1-2,5,8-10,13H,3-4,6-7,11-12H2,(H,23,26).